The number of nitrogens with zero attached hydrogens (tertiary/aromatic N) is 6. The van der Waals surface area contributed by atoms with Crippen LogP contribution in [-0.4, -0.2) is 62.1 Å². The molecular formula is C22H27ClN6O. The van der Waals surface area contributed by atoms with Gasteiger partial charge in [-0.1, -0.05) is 25.1 Å². The van der Waals surface area contributed by atoms with Gasteiger partial charge in [-0.2, -0.15) is 5.10 Å². The van der Waals surface area contributed by atoms with Gasteiger partial charge in [-0.3, -0.25) is 4.79 Å². The van der Waals surface area contributed by atoms with Gasteiger partial charge < -0.3 is 9.80 Å². The predicted octanol–water partition coefficient (Wildman–Crippen LogP) is 3.43. The number of halogens is 1. The number of aryl methyl sites for hydroxylation is 1. The SMILES string of the molecule is CCCc1nc(N2CCCN(C(=O)[C@H](C)Cl)CC2)c2cnn(-c3ccccc3)c2n1. The van der Waals surface area contributed by atoms with Crippen LogP contribution in [0.3, 0.4) is 0 Å². The van der Waals surface area contributed by atoms with Crippen LogP contribution in [0.2, 0.25) is 0 Å². The molecule has 1 saturated heterocycles. The summed E-state index contributed by atoms with van der Waals surface area (Å²) in [6.45, 7) is 6.75. The van der Waals surface area contributed by atoms with Crippen LogP contribution in [0.15, 0.2) is 36.5 Å². The van der Waals surface area contributed by atoms with E-state index in [0.717, 1.165) is 54.2 Å². The molecule has 0 aliphatic carbocycles. The second-order valence-electron chi connectivity index (χ2n) is 7.62. The Kier molecular flexibility index (Phi) is 6.18. The minimum absolute atomic E-state index is 0.00470. The molecule has 0 saturated carbocycles. The average Bonchev–Trinajstić information content (AvgIpc) is 3.02. The molecule has 1 aromatic carbocycles. The third kappa shape index (κ3) is 4.12. The molecule has 3 aromatic rings. The molecule has 4 rings (SSSR count). The molecule has 8 heteroatoms. The monoisotopic (exact) mass is 426 g/mol. The molecule has 2 aromatic heterocycles. The maximum absolute atomic E-state index is 12.3. The summed E-state index contributed by atoms with van der Waals surface area (Å²) in [5, 5.41) is 5.05. The summed E-state index contributed by atoms with van der Waals surface area (Å²) < 4.78 is 1.88. The van der Waals surface area contributed by atoms with Crippen LogP contribution in [0.5, 0.6) is 0 Å². The van der Waals surface area contributed by atoms with Crippen LogP contribution in [0.1, 0.15) is 32.5 Å². The first-order valence-corrected chi connectivity index (χ1v) is 11.0. The number of anilines is 1. The van der Waals surface area contributed by atoms with Crippen molar-refractivity contribution in [1.82, 2.24) is 24.6 Å². The molecule has 158 valence electrons. The van der Waals surface area contributed by atoms with Gasteiger partial charge in [0, 0.05) is 32.6 Å². The quantitative estimate of drug-likeness (QED) is 0.584. The Hall–Kier alpha value is -2.67. The molecule has 7 nitrogen and oxygen atoms in total. The molecule has 0 N–H and O–H groups in total. The standard InChI is InChI=1S/C22H27ClN6O/c1-3-8-19-25-20(27-11-7-12-28(14-13-27)22(30)16(2)23)18-15-24-29(21(18)26-19)17-9-5-4-6-10-17/h4-6,9-10,15-16H,3,7-8,11-14H2,1-2H3/t16-/m0/s1. The number of fused-ring (bicyclic) bond motifs is 1. The highest BCUT2D eigenvalue weighted by molar-refractivity contribution is 6.30. The van der Waals surface area contributed by atoms with Crippen molar-refractivity contribution >= 4 is 34.4 Å². The van der Waals surface area contributed by atoms with Crippen molar-refractivity contribution in [3.8, 4) is 5.69 Å². The summed E-state index contributed by atoms with van der Waals surface area (Å²) in [4.78, 5) is 26.2. The molecular weight excluding hydrogens is 400 g/mol. The summed E-state index contributed by atoms with van der Waals surface area (Å²) in [7, 11) is 0. The molecule has 3 heterocycles. The second-order valence-corrected chi connectivity index (χ2v) is 8.28. The van der Waals surface area contributed by atoms with Crippen LogP contribution in [-0.2, 0) is 11.2 Å². The number of benzene rings is 1. The molecule has 30 heavy (non-hydrogen) atoms. The van der Waals surface area contributed by atoms with Crippen molar-refractivity contribution in [2.24, 2.45) is 0 Å². The summed E-state index contributed by atoms with van der Waals surface area (Å²) >= 11 is 6.03. The van der Waals surface area contributed by atoms with Gasteiger partial charge in [0.2, 0.25) is 5.91 Å². The fourth-order valence-electron chi connectivity index (χ4n) is 3.87. The van der Waals surface area contributed by atoms with Crippen molar-refractivity contribution in [1.29, 1.82) is 0 Å². The molecule has 0 unspecified atom stereocenters. The Morgan fingerprint density at radius 1 is 1.13 bits per heavy atom. The maximum atomic E-state index is 12.3. The Morgan fingerprint density at radius 2 is 1.93 bits per heavy atom. The number of hydrogen-bond acceptors (Lipinski definition) is 5. The van der Waals surface area contributed by atoms with Crippen LogP contribution in [0.25, 0.3) is 16.7 Å². The van der Waals surface area contributed by atoms with E-state index in [4.69, 9.17) is 21.6 Å². The molecule has 0 radical (unpaired) electrons. The summed E-state index contributed by atoms with van der Waals surface area (Å²) in [6, 6.07) is 10.0. The first kappa shape index (κ1) is 20.6. The summed E-state index contributed by atoms with van der Waals surface area (Å²) in [5.41, 5.74) is 1.80. The van der Waals surface area contributed by atoms with Gasteiger partial charge in [0.25, 0.3) is 0 Å². The van der Waals surface area contributed by atoms with E-state index in [1.54, 1.807) is 6.92 Å². The van der Waals surface area contributed by atoms with Gasteiger partial charge in [-0.05, 0) is 31.9 Å². The number of hydrogen-bond donors (Lipinski definition) is 0. The van der Waals surface area contributed by atoms with E-state index in [-0.39, 0.29) is 5.91 Å². The van der Waals surface area contributed by atoms with Crippen LogP contribution >= 0.6 is 11.6 Å². The maximum Gasteiger partial charge on any atom is 0.240 e. The first-order valence-electron chi connectivity index (χ1n) is 10.6. The number of para-hydroxylation sites is 1. The molecule has 1 atom stereocenters. The fraction of sp³-hybridized carbons (Fsp3) is 0.455. The highest BCUT2D eigenvalue weighted by Gasteiger charge is 2.25. The lowest BCUT2D eigenvalue weighted by Crippen LogP contribution is -2.38. The van der Waals surface area contributed by atoms with Gasteiger partial charge in [-0.15, -0.1) is 11.6 Å². The number of amides is 1. The smallest absolute Gasteiger partial charge is 0.240 e. The summed E-state index contributed by atoms with van der Waals surface area (Å²) in [6.07, 6.45) is 4.50. The van der Waals surface area contributed by atoms with Gasteiger partial charge in [0.05, 0.1) is 17.3 Å². The number of carbonyl (C=O) groups excluding carboxylic acids is 1. The lowest BCUT2D eigenvalue weighted by atomic mass is 10.2. The molecule has 1 aliphatic rings. The van der Waals surface area contributed by atoms with Gasteiger partial charge in [0.1, 0.15) is 17.0 Å². The topological polar surface area (TPSA) is 67.2 Å². The minimum atomic E-state index is -0.498. The van der Waals surface area contributed by atoms with E-state index in [0.29, 0.717) is 19.6 Å². The number of carbonyl (C=O) groups is 1. The normalized spacial score (nSPS) is 16.0. The fourth-order valence-corrected chi connectivity index (χ4v) is 4.01. The second kappa shape index (κ2) is 9.00. The van der Waals surface area contributed by atoms with Crippen LogP contribution in [0, 0.1) is 0 Å². The number of rotatable bonds is 5. The number of aromatic nitrogens is 4. The van der Waals surface area contributed by atoms with E-state index >= 15 is 0 Å². The third-order valence-electron chi connectivity index (χ3n) is 5.38. The Bertz CT molecular complexity index is 1020. The third-order valence-corrected chi connectivity index (χ3v) is 5.56. The van der Waals surface area contributed by atoms with Crippen molar-refractivity contribution < 1.29 is 4.79 Å². The lowest BCUT2D eigenvalue weighted by molar-refractivity contribution is -0.130. The van der Waals surface area contributed by atoms with E-state index < -0.39 is 5.38 Å². The Labute approximate surface area is 181 Å². The van der Waals surface area contributed by atoms with Gasteiger partial charge in [-0.25, -0.2) is 14.6 Å². The number of alkyl halides is 1. The lowest BCUT2D eigenvalue weighted by Gasteiger charge is -2.24. The Balaban J connectivity index is 1.71. The van der Waals surface area contributed by atoms with Crippen molar-refractivity contribution in [2.75, 3.05) is 31.1 Å². The zero-order chi connectivity index (χ0) is 21.1. The average molecular weight is 427 g/mol. The molecule has 1 amide bonds. The first-order chi connectivity index (χ1) is 14.6. The summed E-state index contributed by atoms with van der Waals surface area (Å²) in [5.74, 6) is 1.72. The van der Waals surface area contributed by atoms with Crippen molar-refractivity contribution in [3.05, 3.63) is 42.4 Å². The molecule has 1 fully saturated rings. The predicted molar refractivity (Wildman–Crippen MR) is 119 cm³/mol. The van der Waals surface area contributed by atoms with Crippen molar-refractivity contribution in [2.45, 2.75) is 38.5 Å². The highest BCUT2D eigenvalue weighted by atomic mass is 35.5. The van der Waals surface area contributed by atoms with Gasteiger partial charge in [0.15, 0.2) is 5.65 Å². The van der Waals surface area contributed by atoms with Crippen molar-refractivity contribution in [3.63, 3.8) is 0 Å². The van der Waals surface area contributed by atoms with E-state index in [2.05, 4.69) is 16.9 Å². The Morgan fingerprint density at radius 3 is 2.67 bits per heavy atom. The minimum Gasteiger partial charge on any atom is -0.354 e. The van der Waals surface area contributed by atoms with Gasteiger partial charge >= 0.3 is 0 Å². The van der Waals surface area contributed by atoms with Crippen LogP contribution < -0.4 is 4.90 Å². The van der Waals surface area contributed by atoms with E-state index in [1.165, 1.54) is 0 Å². The zero-order valence-corrected chi connectivity index (χ0v) is 18.2. The zero-order valence-electron chi connectivity index (χ0n) is 17.5. The molecule has 1 aliphatic heterocycles. The highest BCUT2D eigenvalue weighted by Crippen LogP contribution is 2.27. The van der Waals surface area contributed by atoms with E-state index in [1.807, 2.05) is 46.1 Å². The molecule has 0 spiro atoms. The molecule has 0 bridgehead atoms. The van der Waals surface area contributed by atoms with Crippen LogP contribution in [0.4, 0.5) is 5.82 Å². The largest absolute Gasteiger partial charge is 0.354 e. The van der Waals surface area contributed by atoms with E-state index in [9.17, 15) is 4.79 Å².